The van der Waals surface area contributed by atoms with Crippen LogP contribution in [0.15, 0.2) is 23.1 Å². The zero-order chi connectivity index (χ0) is 10.6. The summed E-state index contributed by atoms with van der Waals surface area (Å²) < 4.78 is 0. The predicted molar refractivity (Wildman–Crippen MR) is 64.7 cm³/mol. The maximum atomic E-state index is 5.70. The van der Waals surface area contributed by atoms with Gasteiger partial charge in [0.05, 0.1) is 0 Å². The summed E-state index contributed by atoms with van der Waals surface area (Å²) in [5.41, 5.74) is 8.28. The zero-order valence-corrected chi connectivity index (χ0v) is 10.0. The molecule has 0 fully saturated rings. The Hall–Kier alpha value is -0.470. The van der Waals surface area contributed by atoms with Crippen LogP contribution in [0.4, 0.5) is 0 Å². The summed E-state index contributed by atoms with van der Waals surface area (Å²) in [5, 5.41) is 0.669. The molecular weight excluding hydrogens is 190 g/mol. The number of benzene rings is 1. The minimum Gasteiger partial charge on any atom is -0.326 e. The number of rotatable bonds is 4. The minimum absolute atomic E-state index is 0.638. The maximum Gasteiger partial charge on any atom is 0.0189 e. The standard InChI is InChI=1S/C12H19NS/c1-4-10(3)14-12-7-9(2)5-6-11(12)8-13/h5-7,10H,4,8,13H2,1-3H3. The third kappa shape index (κ3) is 3.03. The van der Waals surface area contributed by atoms with E-state index in [0.717, 1.165) is 0 Å². The Balaban J connectivity index is 2.87. The fourth-order valence-electron chi connectivity index (χ4n) is 1.24. The van der Waals surface area contributed by atoms with Crippen molar-refractivity contribution >= 4 is 11.8 Å². The second-order valence-electron chi connectivity index (χ2n) is 3.65. The first-order valence-corrected chi connectivity index (χ1v) is 6.01. The first kappa shape index (κ1) is 11.6. The summed E-state index contributed by atoms with van der Waals surface area (Å²) in [7, 11) is 0. The van der Waals surface area contributed by atoms with Crippen molar-refractivity contribution in [3.63, 3.8) is 0 Å². The molecule has 0 saturated heterocycles. The van der Waals surface area contributed by atoms with Crippen molar-refractivity contribution in [1.82, 2.24) is 0 Å². The first-order chi connectivity index (χ1) is 6.67. The lowest BCUT2D eigenvalue weighted by Gasteiger charge is -2.12. The second kappa shape index (κ2) is 5.42. The van der Waals surface area contributed by atoms with E-state index in [-0.39, 0.29) is 0 Å². The summed E-state index contributed by atoms with van der Waals surface area (Å²) in [6, 6.07) is 6.50. The van der Waals surface area contributed by atoms with Crippen molar-refractivity contribution in [3.05, 3.63) is 29.3 Å². The van der Waals surface area contributed by atoms with Gasteiger partial charge in [0.1, 0.15) is 0 Å². The highest BCUT2D eigenvalue weighted by molar-refractivity contribution is 8.00. The predicted octanol–water partition coefficient (Wildman–Crippen LogP) is 3.34. The quantitative estimate of drug-likeness (QED) is 0.770. The number of nitrogens with two attached hydrogens (primary N) is 1. The molecule has 2 N–H and O–H groups in total. The number of thioether (sulfide) groups is 1. The third-order valence-electron chi connectivity index (χ3n) is 2.35. The molecule has 78 valence electrons. The monoisotopic (exact) mass is 209 g/mol. The van der Waals surface area contributed by atoms with Crippen LogP contribution in [0, 0.1) is 6.92 Å². The van der Waals surface area contributed by atoms with Crippen molar-refractivity contribution in [1.29, 1.82) is 0 Å². The minimum atomic E-state index is 0.638. The third-order valence-corrected chi connectivity index (χ3v) is 3.72. The lowest BCUT2D eigenvalue weighted by atomic mass is 10.1. The van der Waals surface area contributed by atoms with Crippen molar-refractivity contribution in [3.8, 4) is 0 Å². The highest BCUT2D eigenvalue weighted by Crippen LogP contribution is 2.28. The number of hydrogen-bond donors (Lipinski definition) is 1. The molecular formula is C12H19NS. The molecule has 14 heavy (non-hydrogen) atoms. The highest BCUT2D eigenvalue weighted by atomic mass is 32.2. The van der Waals surface area contributed by atoms with E-state index >= 15 is 0 Å². The van der Waals surface area contributed by atoms with Gasteiger partial charge in [-0.1, -0.05) is 26.0 Å². The molecule has 0 aliphatic rings. The van der Waals surface area contributed by atoms with Crippen molar-refractivity contribution in [2.24, 2.45) is 5.73 Å². The Bertz CT molecular complexity index is 296. The van der Waals surface area contributed by atoms with Crippen LogP contribution in [-0.4, -0.2) is 5.25 Å². The molecule has 1 aromatic rings. The first-order valence-electron chi connectivity index (χ1n) is 5.13. The summed E-state index contributed by atoms with van der Waals surface area (Å²) >= 11 is 1.93. The fourth-order valence-corrected chi connectivity index (χ4v) is 2.40. The van der Waals surface area contributed by atoms with Gasteiger partial charge in [-0.3, -0.25) is 0 Å². The van der Waals surface area contributed by atoms with Crippen LogP contribution in [0.3, 0.4) is 0 Å². The lowest BCUT2D eigenvalue weighted by molar-refractivity contribution is 0.902. The molecule has 0 heterocycles. The molecule has 0 bridgehead atoms. The summed E-state index contributed by atoms with van der Waals surface area (Å²) in [6.45, 7) is 7.24. The van der Waals surface area contributed by atoms with E-state index < -0.39 is 0 Å². The van der Waals surface area contributed by atoms with Crippen LogP contribution < -0.4 is 5.73 Å². The Morgan fingerprint density at radius 2 is 2.14 bits per heavy atom. The van der Waals surface area contributed by atoms with Gasteiger partial charge in [0.2, 0.25) is 0 Å². The van der Waals surface area contributed by atoms with Crippen LogP contribution in [0.25, 0.3) is 0 Å². The average Bonchev–Trinajstić information content (AvgIpc) is 2.18. The van der Waals surface area contributed by atoms with E-state index in [9.17, 15) is 0 Å². The number of aryl methyl sites for hydroxylation is 1. The van der Waals surface area contributed by atoms with Gasteiger partial charge >= 0.3 is 0 Å². The zero-order valence-electron chi connectivity index (χ0n) is 9.21. The Kier molecular flexibility index (Phi) is 4.49. The van der Waals surface area contributed by atoms with Gasteiger partial charge in [-0.2, -0.15) is 0 Å². The van der Waals surface area contributed by atoms with Gasteiger partial charge in [-0.05, 0) is 30.5 Å². The molecule has 0 amide bonds. The molecule has 1 unspecified atom stereocenters. The molecule has 1 rings (SSSR count). The van der Waals surface area contributed by atoms with E-state index in [1.165, 1.54) is 22.4 Å². The van der Waals surface area contributed by atoms with Gasteiger partial charge in [-0.15, -0.1) is 11.8 Å². The van der Waals surface area contributed by atoms with E-state index in [4.69, 9.17) is 5.73 Å². The maximum absolute atomic E-state index is 5.70. The van der Waals surface area contributed by atoms with Crippen LogP contribution in [-0.2, 0) is 6.54 Å². The van der Waals surface area contributed by atoms with E-state index in [1.54, 1.807) is 0 Å². The van der Waals surface area contributed by atoms with Crippen molar-refractivity contribution in [2.75, 3.05) is 0 Å². The van der Waals surface area contributed by atoms with Gasteiger partial charge in [0.15, 0.2) is 0 Å². The van der Waals surface area contributed by atoms with Crippen molar-refractivity contribution in [2.45, 2.75) is 43.9 Å². The molecule has 0 aliphatic heterocycles. The number of hydrogen-bond acceptors (Lipinski definition) is 2. The Morgan fingerprint density at radius 1 is 1.43 bits per heavy atom. The normalized spacial score (nSPS) is 12.9. The van der Waals surface area contributed by atoms with Crippen LogP contribution in [0.2, 0.25) is 0 Å². The Morgan fingerprint density at radius 3 is 2.71 bits per heavy atom. The highest BCUT2D eigenvalue weighted by Gasteiger charge is 2.06. The van der Waals surface area contributed by atoms with E-state index in [2.05, 4.69) is 39.0 Å². The molecule has 0 aromatic heterocycles. The van der Waals surface area contributed by atoms with Crippen LogP contribution in [0.1, 0.15) is 31.4 Å². The fraction of sp³-hybridized carbons (Fsp3) is 0.500. The van der Waals surface area contributed by atoms with E-state index in [1.807, 2.05) is 11.8 Å². The summed E-state index contributed by atoms with van der Waals surface area (Å²) in [6.07, 6.45) is 1.20. The van der Waals surface area contributed by atoms with E-state index in [0.29, 0.717) is 11.8 Å². The Labute approximate surface area is 91.1 Å². The van der Waals surface area contributed by atoms with Gasteiger partial charge in [0, 0.05) is 16.7 Å². The van der Waals surface area contributed by atoms with Crippen LogP contribution >= 0.6 is 11.8 Å². The van der Waals surface area contributed by atoms with Gasteiger partial charge < -0.3 is 5.73 Å². The largest absolute Gasteiger partial charge is 0.326 e. The second-order valence-corrected chi connectivity index (χ2v) is 5.13. The summed E-state index contributed by atoms with van der Waals surface area (Å²) in [4.78, 5) is 1.35. The van der Waals surface area contributed by atoms with Gasteiger partial charge in [-0.25, -0.2) is 0 Å². The smallest absolute Gasteiger partial charge is 0.0189 e. The summed E-state index contributed by atoms with van der Waals surface area (Å²) in [5.74, 6) is 0. The molecule has 1 nitrogen and oxygen atoms in total. The van der Waals surface area contributed by atoms with Crippen LogP contribution in [0.5, 0.6) is 0 Å². The molecule has 2 heteroatoms. The molecule has 0 saturated carbocycles. The van der Waals surface area contributed by atoms with Crippen molar-refractivity contribution < 1.29 is 0 Å². The molecule has 1 aromatic carbocycles. The lowest BCUT2D eigenvalue weighted by Crippen LogP contribution is -2.01. The topological polar surface area (TPSA) is 26.0 Å². The SMILES string of the molecule is CCC(C)Sc1cc(C)ccc1CN. The average molecular weight is 209 g/mol. The molecule has 0 radical (unpaired) electrons. The molecule has 0 spiro atoms. The van der Waals surface area contributed by atoms with Gasteiger partial charge in [0.25, 0.3) is 0 Å². The molecule has 1 atom stereocenters. The molecule has 0 aliphatic carbocycles.